The molecule has 3 nitrogen and oxygen atoms in total. The van der Waals surface area contributed by atoms with Gasteiger partial charge in [0.05, 0.1) is 6.10 Å². The number of benzene rings is 1. The zero-order valence-electron chi connectivity index (χ0n) is 12.7. The topological polar surface area (TPSA) is 54.4 Å². The number of hydrogen-bond donors (Lipinski definition) is 1. The van der Waals surface area contributed by atoms with E-state index < -0.39 is 17.7 Å². The molecule has 2 aliphatic rings. The van der Waals surface area contributed by atoms with Crippen LogP contribution in [0.3, 0.4) is 0 Å². The number of Topliss-reactive ketones (excluding diaryl/α,β-unsaturated/α-hetero) is 2. The highest BCUT2D eigenvalue weighted by molar-refractivity contribution is 6.52. The van der Waals surface area contributed by atoms with E-state index >= 15 is 0 Å². The number of carbonyl (C=O) groups is 2. The van der Waals surface area contributed by atoms with E-state index in [9.17, 15) is 14.7 Å². The highest BCUT2D eigenvalue weighted by Gasteiger charge is 2.36. The Balaban J connectivity index is 2.26. The zero-order valence-corrected chi connectivity index (χ0v) is 12.7. The third-order valence-corrected chi connectivity index (χ3v) is 4.76. The lowest BCUT2D eigenvalue weighted by Gasteiger charge is -2.34. The molecule has 3 heteroatoms. The van der Waals surface area contributed by atoms with Gasteiger partial charge in [0, 0.05) is 11.1 Å². The molecule has 0 spiro atoms. The summed E-state index contributed by atoms with van der Waals surface area (Å²) in [5.41, 5.74) is 3.79. The molecule has 0 amide bonds. The summed E-state index contributed by atoms with van der Waals surface area (Å²) in [6, 6.07) is 3.99. The maximum absolute atomic E-state index is 12.5. The summed E-state index contributed by atoms with van der Waals surface area (Å²) in [7, 11) is 0. The summed E-state index contributed by atoms with van der Waals surface area (Å²) in [5, 5.41) is 9.67. The van der Waals surface area contributed by atoms with E-state index in [1.807, 2.05) is 6.07 Å². The lowest BCUT2D eigenvalue weighted by molar-refractivity contribution is -0.112. The second-order valence-electron chi connectivity index (χ2n) is 6.73. The minimum absolute atomic E-state index is 0.0419. The number of aliphatic hydroxyl groups is 1. The number of carbonyl (C=O) groups excluding carboxylic acids is 2. The third-order valence-electron chi connectivity index (χ3n) is 4.76. The van der Waals surface area contributed by atoms with Gasteiger partial charge in [-0.25, -0.2) is 0 Å². The molecule has 0 aliphatic heterocycles. The first-order valence-corrected chi connectivity index (χ1v) is 7.48. The fraction of sp³-hybridized carbons (Fsp3) is 0.444. The van der Waals surface area contributed by atoms with E-state index in [1.165, 1.54) is 12.5 Å². The number of fused-ring (bicyclic) bond motifs is 3. The van der Waals surface area contributed by atoms with Crippen LogP contribution in [0.1, 0.15) is 60.7 Å². The molecule has 0 bridgehead atoms. The van der Waals surface area contributed by atoms with Crippen LogP contribution in [0.5, 0.6) is 0 Å². The Morgan fingerprint density at radius 3 is 2.57 bits per heavy atom. The first kappa shape index (κ1) is 14.2. The van der Waals surface area contributed by atoms with Crippen LogP contribution in [0.2, 0.25) is 0 Å². The van der Waals surface area contributed by atoms with Crippen molar-refractivity contribution >= 4 is 17.6 Å². The van der Waals surface area contributed by atoms with Crippen LogP contribution in [0.15, 0.2) is 17.7 Å². The first-order valence-electron chi connectivity index (χ1n) is 7.48. The fourth-order valence-electron chi connectivity index (χ4n) is 3.58. The molecule has 1 atom stereocenters. The summed E-state index contributed by atoms with van der Waals surface area (Å²) >= 11 is 0. The Labute approximate surface area is 124 Å². The molecule has 1 aromatic carbocycles. The maximum atomic E-state index is 12.5. The van der Waals surface area contributed by atoms with Gasteiger partial charge in [0.2, 0.25) is 11.6 Å². The highest BCUT2D eigenvalue weighted by atomic mass is 16.3. The molecule has 0 saturated carbocycles. The number of rotatable bonds is 1. The predicted octanol–water partition coefficient (Wildman–Crippen LogP) is 2.83. The van der Waals surface area contributed by atoms with Gasteiger partial charge in [-0.1, -0.05) is 26.0 Å². The van der Waals surface area contributed by atoms with E-state index in [0.717, 1.165) is 30.4 Å². The lowest BCUT2D eigenvalue weighted by atomic mass is 9.69. The van der Waals surface area contributed by atoms with Crippen LogP contribution >= 0.6 is 0 Å². The quantitative estimate of drug-likeness (QED) is 0.807. The van der Waals surface area contributed by atoms with Crippen molar-refractivity contribution in [3.8, 4) is 0 Å². The second-order valence-corrected chi connectivity index (χ2v) is 6.73. The molecule has 0 fully saturated rings. The van der Waals surface area contributed by atoms with Gasteiger partial charge in [0.1, 0.15) is 0 Å². The molecular weight excluding hydrogens is 264 g/mol. The van der Waals surface area contributed by atoms with Crippen molar-refractivity contribution < 1.29 is 14.7 Å². The Morgan fingerprint density at radius 2 is 1.90 bits per heavy atom. The van der Waals surface area contributed by atoms with Gasteiger partial charge in [-0.05, 0) is 54.4 Å². The van der Waals surface area contributed by atoms with Crippen molar-refractivity contribution in [2.45, 2.75) is 51.6 Å². The summed E-state index contributed by atoms with van der Waals surface area (Å²) in [4.78, 5) is 24.7. The number of ketones is 2. The van der Waals surface area contributed by atoms with Crippen molar-refractivity contribution in [3.05, 3.63) is 40.0 Å². The average Bonchev–Trinajstić information content (AvgIpc) is 2.41. The van der Waals surface area contributed by atoms with Crippen LogP contribution in [0.25, 0.3) is 6.08 Å². The molecule has 110 valence electrons. The van der Waals surface area contributed by atoms with Crippen LogP contribution in [-0.2, 0) is 16.6 Å². The van der Waals surface area contributed by atoms with Crippen LogP contribution in [0, 0.1) is 0 Å². The molecule has 1 N–H and O–H groups in total. The minimum atomic E-state index is -0.915. The van der Waals surface area contributed by atoms with Crippen LogP contribution in [0.4, 0.5) is 0 Å². The zero-order chi connectivity index (χ0) is 15.4. The largest absolute Gasteiger partial charge is 0.389 e. The highest BCUT2D eigenvalue weighted by Crippen LogP contribution is 2.40. The van der Waals surface area contributed by atoms with Crippen LogP contribution in [-0.4, -0.2) is 22.8 Å². The maximum Gasteiger partial charge on any atom is 0.234 e. The van der Waals surface area contributed by atoms with Gasteiger partial charge in [0.15, 0.2) is 0 Å². The van der Waals surface area contributed by atoms with Crippen molar-refractivity contribution in [3.63, 3.8) is 0 Å². The molecule has 0 heterocycles. The molecular formula is C18H20O3. The van der Waals surface area contributed by atoms with E-state index in [0.29, 0.717) is 5.56 Å². The van der Waals surface area contributed by atoms with Gasteiger partial charge in [0.25, 0.3) is 0 Å². The monoisotopic (exact) mass is 284 g/mol. The van der Waals surface area contributed by atoms with E-state index in [1.54, 1.807) is 6.08 Å². The fourth-order valence-corrected chi connectivity index (χ4v) is 3.58. The van der Waals surface area contributed by atoms with Gasteiger partial charge in [-0.15, -0.1) is 0 Å². The van der Waals surface area contributed by atoms with Crippen molar-refractivity contribution in [1.29, 1.82) is 0 Å². The SMILES string of the molecule is CC(O)C1=Cc2ccc3c(c2C(=O)C1=O)CCCC3(C)C. The molecule has 0 radical (unpaired) electrons. The van der Waals surface area contributed by atoms with Crippen LogP contribution < -0.4 is 0 Å². The Bertz CT molecular complexity index is 678. The molecule has 1 aromatic rings. The summed E-state index contributed by atoms with van der Waals surface area (Å²) in [6.07, 6.45) is 3.73. The third kappa shape index (κ3) is 2.07. The molecule has 21 heavy (non-hydrogen) atoms. The predicted molar refractivity (Wildman–Crippen MR) is 81.4 cm³/mol. The molecule has 0 aromatic heterocycles. The normalized spacial score (nSPS) is 21.4. The van der Waals surface area contributed by atoms with E-state index in [-0.39, 0.29) is 11.0 Å². The molecule has 1 unspecified atom stereocenters. The number of hydrogen-bond acceptors (Lipinski definition) is 3. The average molecular weight is 284 g/mol. The smallest absolute Gasteiger partial charge is 0.234 e. The van der Waals surface area contributed by atoms with E-state index in [4.69, 9.17) is 0 Å². The van der Waals surface area contributed by atoms with Gasteiger partial charge in [-0.2, -0.15) is 0 Å². The molecule has 0 saturated heterocycles. The van der Waals surface area contributed by atoms with Gasteiger partial charge < -0.3 is 5.11 Å². The Hall–Kier alpha value is -1.74. The van der Waals surface area contributed by atoms with Gasteiger partial charge >= 0.3 is 0 Å². The summed E-state index contributed by atoms with van der Waals surface area (Å²) in [6.45, 7) is 5.89. The first-order chi connectivity index (χ1) is 9.83. The molecule has 2 aliphatic carbocycles. The Morgan fingerprint density at radius 1 is 1.19 bits per heavy atom. The Kier molecular flexibility index (Phi) is 3.14. The van der Waals surface area contributed by atoms with Gasteiger partial charge in [-0.3, -0.25) is 9.59 Å². The molecule has 3 rings (SSSR count). The van der Waals surface area contributed by atoms with E-state index in [2.05, 4.69) is 19.9 Å². The minimum Gasteiger partial charge on any atom is -0.389 e. The summed E-state index contributed by atoms with van der Waals surface area (Å²) < 4.78 is 0. The summed E-state index contributed by atoms with van der Waals surface area (Å²) in [5.74, 6) is -1.02. The van der Waals surface area contributed by atoms with Crippen molar-refractivity contribution in [2.24, 2.45) is 0 Å². The van der Waals surface area contributed by atoms with Crippen molar-refractivity contribution in [1.82, 2.24) is 0 Å². The second kappa shape index (κ2) is 4.63. The lowest BCUT2D eigenvalue weighted by Crippen LogP contribution is -2.31. The standard InChI is InChI=1S/C18H20O3/c1-10(19)13-9-11-6-7-14-12(5-4-8-18(14,2)3)15(11)17(21)16(13)20/h6-7,9-10,19H,4-5,8H2,1-3H3. The van der Waals surface area contributed by atoms with Crippen molar-refractivity contribution in [2.75, 3.05) is 0 Å². The number of aliphatic hydroxyl groups excluding tert-OH is 1.